The second kappa shape index (κ2) is 6.05. The van der Waals surface area contributed by atoms with Crippen LogP contribution in [0.2, 0.25) is 5.02 Å². The number of hydrogen-bond acceptors (Lipinski definition) is 2. The number of nitrogens with zero attached hydrogens (tertiary/aromatic N) is 1. The average molecular weight is 341 g/mol. The normalized spacial score (nSPS) is 10.0. The molecule has 0 spiro atoms. The van der Waals surface area contributed by atoms with Crippen molar-refractivity contribution in [2.24, 2.45) is 0 Å². The fraction of sp³-hybridized carbons (Fsp3) is 0.0714. The predicted octanol–water partition coefficient (Wildman–Crippen LogP) is 4.69. The Morgan fingerprint density at radius 2 is 2.05 bits per heavy atom. The summed E-state index contributed by atoms with van der Waals surface area (Å²) in [5.41, 5.74) is 1.09. The molecule has 2 rings (SSSR count). The number of ether oxygens (including phenoxy) is 1. The molecular weight excluding hydrogens is 333 g/mol. The Balaban J connectivity index is 2.10. The fourth-order valence-corrected chi connectivity index (χ4v) is 2.26. The van der Waals surface area contributed by atoms with Crippen LogP contribution in [0, 0.1) is 17.1 Å². The Labute approximate surface area is 123 Å². The quantitative estimate of drug-likeness (QED) is 0.812. The Bertz CT molecular complexity index is 634. The molecule has 0 fully saturated rings. The van der Waals surface area contributed by atoms with Gasteiger partial charge in [-0.25, -0.2) is 4.39 Å². The molecule has 0 aliphatic carbocycles. The van der Waals surface area contributed by atoms with Gasteiger partial charge in [-0.1, -0.05) is 27.5 Å². The van der Waals surface area contributed by atoms with E-state index in [-0.39, 0.29) is 12.4 Å². The molecule has 2 aromatic rings. The molecule has 0 N–H and O–H groups in total. The molecule has 0 aliphatic heterocycles. The van der Waals surface area contributed by atoms with Crippen LogP contribution >= 0.6 is 27.5 Å². The van der Waals surface area contributed by atoms with Crippen molar-refractivity contribution in [3.63, 3.8) is 0 Å². The molecular formula is C14H8BrClFNO. The van der Waals surface area contributed by atoms with Crippen molar-refractivity contribution < 1.29 is 9.13 Å². The van der Waals surface area contributed by atoms with Crippen LogP contribution in [0.15, 0.2) is 40.9 Å². The highest BCUT2D eigenvalue weighted by atomic mass is 79.9. The highest BCUT2D eigenvalue weighted by molar-refractivity contribution is 9.10. The van der Waals surface area contributed by atoms with Gasteiger partial charge in [-0.15, -0.1) is 0 Å². The van der Waals surface area contributed by atoms with Crippen LogP contribution in [0.3, 0.4) is 0 Å². The molecule has 0 atom stereocenters. The minimum absolute atomic E-state index is 0.221. The number of hydrogen-bond donors (Lipinski definition) is 0. The van der Waals surface area contributed by atoms with Crippen molar-refractivity contribution in [3.8, 4) is 11.8 Å². The molecule has 0 heterocycles. The van der Waals surface area contributed by atoms with E-state index in [2.05, 4.69) is 15.9 Å². The standard InChI is InChI=1S/C14H8BrClFNO/c15-11-3-9(4-12(17)5-11)8-19-13-2-1-10(7-18)14(16)6-13/h1-6H,8H2. The Kier molecular flexibility index (Phi) is 4.41. The summed E-state index contributed by atoms with van der Waals surface area (Å²) in [5, 5.41) is 9.09. The molecule has 0 saturated heterocycles. The van der Waals surface area contributed by atoms with Gasteiger partial charge in [-0.2, -0.15) is 5.26 Å². The van der Waals surface area contributed by atoms with E-state index in [9.17, 15) is 4.39 Å². The van der Waals surface area contributed by atoms with Gasteiger partial charge in [0.15, 0.2) is 0 Å². The maximum absolute atomic E-state index is 13.2. The van der Waals surface area contributed by atoms with Gasteiger partial charge in [0, 0.05) is 10.5 Å². The zero-order valence-electron chi connectivity index (χ0n) is 9.66. The van der Waals surface area contributed by atoms with Crippen molar-refractivity contribution in [3.05, 3.63) is 62.8 Å². The molecule has 19 heavy (non-hydrogen) atoms. The van der Waals surface area contributed by atoms with Crippen LogP contribution in [-0.4, -0.2) is 0 Å². The van der Waals surface area contributed by atoms with Gasteiger partial charge >= 0.3 is 0 Å². The summed E-state index contributed by atoms with van der Waals surface area (Å²) in [6.45, 7) is 0.221. The van der Waals surface area contributed by atoms with E-state index in [0.717, 1.165) is 0 Å². The maximum atomic E-state index is 13.2. The first-order valence-corrected chi connectivity index (χ1v) is 6.53. The van der Waals surface area contributed by atoms with Crippen LogP contribution in [0.5, 0.6) is 5.75 Å². The van der Waals surface area contributed by atoms with Gasteiger partial charge in [0.2, 0.25) is 0 Å². The minimum atomic E-state index is -0.328. The van der Waals surface area contributed by atoms with Gasteiger partial charge < -0.3 is 4.74 Å². The van der Waals surface area contributed by atoms with Crippen molar-refractivity contribution >= 4 is 27.5 Å². The van der Waals surface area contributed by atoms with E-state index in [4.69, 9.17) is 21.6 Å². The topological polar surface area (TPSA) is 33.0 Å². The Morgan fingerprint density at radius 1 is 1.26 bits per heavy atom. The third kappa shape index (κ3) is 3.69. The van der Waals surface area contributed by atoms with Crippen LogP contribution < -0.4 is 4.74 Å². The fourth-order valence-electron chi connectivity index (χ4n) is 1.54. The Morgan fingerprint density at radius 3 is 2.68 bits per heavy atom. The van der Waals surface area contributed by atoms with Crippen molar-refractivity contribution in [2.45, 2.75) is 6.61 Å². The van der Waals surface area contributed by atoms with Gasteiger partial charge in [0.1, 0.15) is 24.2 Å². The summed E-state index contributed by atoms with van der Waals surface area (Å²) in [7, 11) is 0. The van der Waals surface area contributed by atoms with Gasteiger partial charge in [0.05, 0.1) is 10.6 Å². The summed E-state index contributed by atoms with van der Waals surface area (Å²) in [6.07, 6.45) is 0. The van der Waals surface area contributed by atoms with Crippen molar-refractivity contribution in [1.82, 2.24) is 0 Å². The zero-order valence-corrected chi connectivity index (χ0v) is 12.0. The first-order valence-electron chi connectivity index (χ1n) is 5.36. The SMILES string of the molecule is N#Cc1ccc(OCc2cc(F)cc(Br)c2)cc1Cl. The molecule has 2 nitrogen and oxygen atoms in total. The third-order valence-electron chi connectivity index (χ3n) is 2.39. The number of benzene rings is 2. The molecule has 0 saturated carbocycles. The number of rotatable bonds is 3. The highest BCUT2D eigenvalue weighted by Gasteiger charge is 2.04. The van der Waals surface area contributed by atoms with E-state index in [1.165, 1.54) is 12.1 Å². The summed E-state index contributed by atoms with van der Waals surface area (Å²) in [4.78, 5) is 0. The summed E-state index contributed by atoms with van der Waals surface area (Å²) < 4.78 is 19.3. The van der Waals surface area contributed by atoms with E-state index in [0.29, 0.717) is 26.4 Å². The first-order chi connectivity index (χ1) is 9.08. The predicted molar refractivity (Wildman–Crippen MR) is 74.6 cm³/mol. The molecule has 0 bridgehead atoms. The molecule has 5 heteroatoms. The lowest BCUT2D eigenvalue weighted by Crippen LogP contribution is -1.96. The molecule has 96 valence electrons. The highest BCUT2D eigenvalue weighted by Crippen LogP contribution is 2.23. The van der Waals surface area contributed by atoms with Crippen molar-refractivity contribution in [1.29, 1.82) is 5.26 Å². The smallest absolute Gasteiger partial charge is 0.124 e. The molecule has 0 aromatic heterocycles. The van der Waals surface area contributed by atoms with Gasteiger partial charge in [-0.05, 0) is 35.9 Å². The summed E-state index contributed by atoms with van der Waals surface area (Å²) in [5.74, 6) is 0.204. The van der Waals surface area contributed by atoms with Crippen molar-refractivity contribution in [2.75, 3.05) is 0 Å². The maximum Gasteiger partial charge on any atom is 0.124 e. The van der Waals surface area contributed by atoms with Gasteiger partial charge in [0.25, 0.3) is 0 Å². The Hall–Kier alpha value is -1.57. The average Bonchev–Trinajstić information content (AvgIpc) is 2.35. The van der Waals surface area contributed by atoms with Crippen LogP contribution in [0.4, 0.5) is 4.39 Å². The van der Waals surface area contributed by atoms with Crippen LogP contribution in [-0.2, 0) is 6.61 Å². The van der Waals surface area contributed by atoms with Crippen LogP contribution in [0.25, 0.3) is 0 Å². The molecule has 0 radical (unpaired) electrons. The molecule has 0 unspecified atom stereocenters. The zero-order chi connectivity index (χ0) is 13.8. The van der Waals surface area contributed by atoms with E-state index < -0.39 is 0 Å². The van der Waals surface area contributed by atoms with E-state index >= 15 is 0 Å². The van der Waals surface area contributed by atoms with Gasteiger partial charge in [-0.3, -0.25) is 0 Å². The first kappa shape index (κ1) is 13.9. The second-order valence-electron chi connectivity index (χ2n) is 3.82. The second-order valence-corrected chi connectivity index (χ2v) is 5.14. The summed E-state index contributed by atoms with van der Waals surface area (Å²) >= 11 is 9.11. The lowest BCUT2D eigenvalue weighted by atomic mass is 10.2. The van der Waals surface area contributed by atoms with Crippen LogP contribution in [0.1, 0.15) is 11.1 Å². The minimum Gasteiger partial charge on any atom is -0.489 e. The molecule has 0 amide bonds. The molecule has 0 aliphatic rings. The third-order valence-corrected chi connectivity index (χ3v) is 3.16. The molecule has 2 aromatic carbocycles. The lowest BCUT2D eigenvalue weighted by molar-refractivity contribution is 0.305. The van der Waals surface area contributed by atoms with E-state index in [1.54, 1.807) is 24.3 Å². The number of nitriles is 1. The monoisotopic (exact) mass is 339 g/mol. The van der Waals surface area contributed by atoms with E-state index in [1.807, 2.05) is 6.07 Å². The number of halogens is 3. The summed E-state index contributed by atoms with van der Waals surface area (Å²) in [6, 6.07) is 11.3. The lowest BCUT2D eigenvalue weighted by Gasteiger charge is -2.07. The largest absolute Gasteiger partial charge is 0.489 e.